The molecule has 138 valence electrons. The lowest BCUT2D eigenvalue weighted by molar-refractivity contribution is 0.0696. The first-order valence-corrected chi connectivity index (χ1v) is 9.72. The van der Waals surface area contributed by atoms with Gasteiger partial charge < -0.3 is 19.9 Å². The molecule has 0 saturated heterocycles. The first-order chi connectivity index (χ1) is 13.2. The number of carboxylic acid groups (broad SMARTS) is 1. The number of ether oxygens (including phenoxy) is 2. The van der Waals surface area contributed by atoms with Crippen LogP contribution in [-0.4, -0.2) is 17.9 Å². The summed E-state index contributed by atoms with van der Waals surface area (Å²) >= 11 is 0. The van der Waals surface area contributed by atoms with Crippen molar-refractivity contribution < 1.29 is 19.4 Å². The molecule has 0 spiro atoms. The third-order valence-electron chi connectivity index (χ3n) is 7.09. The Kier molecular flexibility index (Phi) is 3.08. The molecule has 2 aliphatic carbocycles. The molecule has 5 nitrogen and oxygen atoms in total. The van der Waals surface area contributed by atoms with Crippen LogP contribution in [0.25, 0.3) is 0 Å². The minimum absolute atomic E-state index is 0.225. The standard InChI is InChI=1S/C22H21NO4/c24-22(25)14-3-5-16-15(8-14)19-11-1-2-12(7-11)20(19)21(23-16)13-4-6-17-18(9-13)27-10-26-17/h3-6,8-9,11-12,19-21,23H,1-2,7,10H2,(H,24,25)/t11-,12-,19-,20-,21+/m0/s1. The molecule has 2 aromatic carbocycles. The van der Waals surface area contributed by atoms with E-state index in [4.69, 9.17) is 9.47 Å². The van der Waals surface area contributed by atoms with E-state index in [1.807, 2.05) is 18.2 Å². The predicted molar refractivity (Wildman–Crippen MR) is 99.4 cm³/mol. The molecule has 2 aliphatic heterocycles. The van der Waals surface area contributed by atoms with Crippen molar-refractivity contribution in [1.82, 2.24) is 0 Å². The molecule has 6 rings (SSSR count). The third kappa shape index (κ3) is 2.14. The Morgan fingerprint density at radius 1 is 1.04 bits per heavy atom. The molecule has 0 amide bonds. The molecule has 5 heteroatoms. The second-order valence-electron chi connectivity index (χ2n) is 8.28. The van der Waals surface area contributed by atoms with Crippen molar-refractivity contribution in [3.8, 4) is 11.5 Å². The van der Waals surface area contributed by atoms with Crippen LogP contribution in [-0.2, 0) is 0 Å². The first kappa shape index (κ1) is 15.4. The van der Waals surface area contributed by atoms with Crippen molar-refractivity contribution in [2.24, 2.45) is 17.8 Å². The molecule has 0 aromatic heterocycles. The first-order valence-electron chi connectivity index (χ1n) is 9.72. The highest BCUT2D eigenvalue weighted by Crippen LogP contribution is 2.64. The Bertz CT molecular complexity index is 955. The maximum absolute atomic E-state index is 11.5. The molecule has 5 atom stereocenters. The summed E-state index contributed by atoms with van der Waals surface area (Å²) in [5, 5.41) is 13.2. The van der Waals surface area contributed by atoms with Crippen LogP contribution in [0.4, 0.5) is 5.69 Å². The van der Waals surface area contributed by atoms with E-state index in [9.17, 15) is 9.90 Å². The van der Waals surface area contributed by atoms with E-state index in [0.29, 0.717) is 29.2 Å². The Labute approximate surface area is 157 Å². The van der Waals surface area contributed by atoms with Crippen LogP contribution in [0.1, 0.15) is 52.7 Å². The zero-order chi connectivity index (χ0) is 18.1. The van der Waals surface area contributed by atoms with Crippen LogP contribution < -0.4 is 14.8 Å². The molecule has 4 aliphatic rings. The zero-order valence-corrected chi connectivity index (χ0v) is 14.9. The Morgan fingerprint density at radius 3 is 2.78 bits per heavy atom. The van der Waals surface area contributed by atoms with Crippen molar-refractivity contribution in [3.63, 3.8) is 0 Å². The van der Waals surface area contributed by atoms with Crippen LogP contribution in [0.3, 0.4) is 0 Å². The van der Waals surface area contributed by atoms with Crippen LogP contribution in [0.5, 0.6) is 11.5 Å². The summed E-state index contributed by atoms with van der Waals surface area (Å²) in [6, 6.07) is 12.0. The summed E-state index contributed by atoms with van der Waals surface area (Å²) in [5.41, 5.74) is 3.90. The second kappa shape index (κ2) is 5.41. The molecule has 2 fully saturated rings. The molecule has 2 N–H and O–H groups in total. The van der Waals surface area contributed by atoms with Gasteiger partial charge in [-0.25, -0.2) is 4.79 Å². The molecule has 0 radical (unpaired) electrons. The molecule has 2 heterocycles. The molecule has 2 saturated carbocycles. The number of carbonyl (C=O) groups is 1. The zero-order valence-electron chi connectivity index (χ0n) is 14.9. The van der Waals surface area contributed by atoms with E-state index in [2.05, 4.69) is 17.4 Å². The highest BCUT2D eigenvalue weighted by molar-refractivity contribution is 5.88. The van der Waals surface area contributed by atoms with Crippen molar-refractivity contribution in [2.75, 3.05) is 12.1 Å². The van der Waals surface area contributed by atoms with Crippen LogP contribution in [0.2, 0.25) is 0 Å². The van der Waals surface area contributed by atoms with E-state index in [1.165, 1.54) is 30.4 Å². The van der Waals surface area contributed by atoms with Gasteiger partial charge in [0.05, 0.1) is 11.6 Å². The molecule has 0 unspecified atom stereocenters. The normalized spacial score (nSPS) is 31.9. The van der Waals surface area contributed by atoms with Crippen LogP contribution >= 0.6 is 0 Å². The molecular formula is C22H21NO4. The average molecular weight is 363 g/mol. The van der Waals surface area contributed by atoms with E-state index < -0.39 is 5.97 Å². The second-order valence-corrected chi connectivity index (χ2v) is 8.28. The van der Waals surface area contributed by atoms with Gasteiger partial charge >= 0.3 is 5.97 Å². The molecule has 2 bridgehead atoms. The van der Waals surface area contributed by atoms with Crippen LogP contribution in [0, 0.1) is 17.8 Å². The number of aromatic carboxylic acids is 1. The summed E-state index contributed by atoms with van der Waals surface area (Å²) in [6.45, 7) is 0.286. The molecule has 2 aromatic rings. The molecule has 27 heavy (non-hydrogen) atoms. The maximum atomic E-state index is 11.5. The fraction of sp³-hybridized carbons (Fsp3) is 0.409. The lowest BCUT2D eigenvalue weighted by Gasteiger charge is -2.43. The van der Waals surface area contributed by atoms with Crippen molar-refractivity contribution in [1.29, 1.82) is 0 Å². The van der Waals surface area contributed by atoms with Gasteiger partial charge in [0.25, 0.3) is 0 Å². The predicted octanol–water partition coefficient (Wildman–Crippen LogP) is 4.41. The van der Waals surface area contributed by atoms with Gasteiger partial charge in [0.2, 0.25) is 6.79 Å². The number of nitrogens with one attached hydrogen (secondary N) is 1. The van der Waals surface area contributed by atoms with Gasteiger partial charge in [-0.05, 0) is 84.4 Å². The average Bonchev–Trinajstić information content (AvgIpc) is 3.42. The number of rotatable bonds is 2. The number of fused-ring (bicyclic) bond motifs is 8. The SMILES string of the molecule is O=C(O)c1ccc2c(c1)[C@@H]1[C@H]3CC[C@@H](C3)[C@@H]1[C@@H](c1ccc3c(c1)OCO3)N2. The minimum Gasteiger partial charge on any atom is -0.478 e. The van der Waals surface area contributed by atoms with Crippen molar-refractivity contribution in [2.45, 2.75) is 31.2 Å². The highest BCUT2D eigenvalue weighted by Gasteiger charge is 2.54. The van der Waals surface area contributed by atoms with Gasteiger partial charge in [0, 0.05) is 5.69 Å². The quantitative estimate of drug-likeness (QED) is 0.827. The van der Waals surface area contributed by atoms with E-state index >= 15 is 0 Å². The monoisotopic (exact) mass is 363 g/mol. The fourth-order valence-electron chi connectivity index (χ4n) is 6.06. The Hall–Kier alpha value is -2.69. The van der Waals surface area contributed by atoms with Crippen LogP contribution in [0.15, 0.2) is 36.4 Å². The Morgan fingerprint density at radius 2 is 1.89 bits per heavy atom. The van der Waals surface area contributed by atoms with Gasteiger partial charge in [0.15, 0.2) is 11.5 Å². The topological polar surface area (TPSA) is 67.8 Å². The fourth-order valence-corrected chi connectivity index (χ4v) is 6.06. The van der Waals surface area contributed by atoms with E-state index in [0.717, 1.165) is 17.2 Å². The van der Waals surface area contributed by atoms with Gasteiger partial charge in [-0.15, -0.1) is 0 Å². The van der Waals surface area contributed by atoms with E-state index in [1.54, 1.807) is 6.07 Å². The number of hydrogen-bond acceptors (Lipinski definition) is 4. The Balaban J connectivity index is 1.46. The van der Waals surface area contributed by atoms with Gasteiger partial charge in [0.1, 0.15) is 0 Å². The summed E-state index contributed by atoms with van der Waals surface area (Å²) in [7, 11) is 0. The number of carboxylic acids is 1. The van der Waals surface area contributed by atoms with Gasteiger partial charge in [-0.1, -0.05) is 6.07 Å². The molecular weight excluding hydrogens is 342 g/mol. The minimum atomic E-state index is -0.851. The smallest absolute Gasteiger partial charge is 0.335 e. The summed E-state index contributed by atoms with van der Waals surface area (Å²) in [4.78, 5) is 11.5. The largest absolute Gasteiger partial charge is 0.478 e. The van der Waals surface area contributed by atoms with E-state index in [-0.39, 0.29) is 12.8 Å². The lowest BCUT2D eigenvalue weighted by atomic mass is 9.68. The van der Waals surface area contributed by atoms with Crippen molar-refractivity contribution in [3.05, 3.63) is 53.1 Å². The number of benzene rings is 2. The van der Waals surface area contributed by atoms with Crippen molar-refractivity contribution >= 4 is 11.7 Å². The number of hydrogen-bond donors (Lipinski definition) is 2. The highest BCUT2D eigenvalue weighted by atomic mass is 16.7. The summed E-state index contributed by atoms with van der Waals surface area (Å²) in [6.07, 6.45) is 3.80. The van der Waals surface area contributed by atoms with Gasteiger partial charge in [-0.3, -0.25) is 0 Å². The summed E-state index contributed by atoms with van der Waals surface area (Å²) < 4.78 is 11.1. The lowest BCUT2D eigenvalue weighted by Crippen LogP contribution is -2.35. The third-order valence-corrected chi connectivity index (χ3v) is 7.09. The summed E-state index contributed by atoms with van der Waals surface area (Å²) in [5.74, 6) is 3.09. The maximum Gasteiger partial charge on any atom is 0.335 e. The van der Waals surface area contributed by atoms with Gasteiger partial charge in [-0.2, -0.15) is 0 Å². The number of anilines is 1.